The van der Waals surface area contributed by atoms with E-state index >= 15 is 0 Å². The van der Waals surface area contributed by atoms with Crippen LogP contribution in [0.5, 0.6) is 0 Å². The Bertz CT molecular complexity index is 1920. The maximum atomic E-state index is 13.1. The van der Waals surface area contributed by atoms with Crippen LogP contribution in [0.3, 0.4) is 0 Å². The zero-order chi connectivity index (χ0) is 72.4. The maximum Gasteiger partial charge on any atom is 0.472 e. The number of unbranched alkanes of at least 4 members (excludes halogenated alkanes) is 40. The first kappa shape index (κ1) is 96.1. The lowest BCUT2D eigenvalue weighted by Gasteiger charge is -2.21. The summed E-state index contributed by atoms with van der Waals surface area (Å²) in [7, 11) is -9.91. The number of hydrogen-bond acceptors (Lipinski definition) is 15. The smallest absolute Gasteiger partial charge is 0.462 e. The monoisotopic (exact) mass is 1440 g/mol. The quantitative estimate of drug-likeness (QED) is 0.0222. The van der Waals surface area contributed by atoms with E-state index in [9.17, 15) is 43.2 Å². The van der Waals surface area contributed by atoms with Gasteiger partial charge < -0.3 is 33.8 Å². The molecule has 98 heavy (non-hydrogen) atoms. The second kappa shape index (κ2) is 68.2. The molecule has 0 radical (unpaired) electrons. The zero-order valence-electron chi connectivity index (χ0n) is 64.4. The van der Waals surface area contributed by atoms with Crippen LogP contribution in [-0.2, 0) is 65.4 Å². The fourth-order valence-electron chi connectivity index (χ4n) is 12.0. The van der Waals surface area contributed by atoms with Crippen molar-refractivity contribution in [2.45, 2.75) is 420 Å². The SMILES string of the molecule is CCC(C)CCCCCCCCCCCCCCCCCCCCC(=O)O[C@H](COC(=O)CCCCCCCCC(C)C)COP(=O)(O)OC[C@H](O)COP(=O)(O)OC[C@@H](COC(=O)CCCCCCCCC(C)C)OC(=O)CCCCCCCCCCCCCCCCC(C)CC. The molecule has 0 bridgehead atoms. The third kappa shape index (κ3) is 69.8. The van der Waals surface area contributed by atoms with Crippen molar-refractivity contribution in [3.63, 3.8) is 0 Å². The normalized spacial score (nSPS) is 14.6. The Morgan fingerprint density at radius 1 is 0.286 bits per heavy atom. The van der Waals surface area contributed by atoms with E-state index in [0.29, 0.717) is 37.5 Å². The molecule has 3 N–H and O–H groups in total. The van der Waals surface area contributed by atoms with Crippen LogP contribution < -0.4 is 0 Å². The summed E-state index contributed by atoms with van der Waals surface area (Å²) >= 11 is 0. The highest BCUT2D eigenvalue weighted by Crippen LogP contribution is 2.45. The number of phosphoric ester groups is 2. The van der Waals surface area contributed by atoms with Gasteiger partial charge in [-0.2, -0.15) is 0 Å². The van der Waals surface area contributed by atoms with Gasteiger partial charge in [0, 0.05) is 25.7 Å². The van der Waals surface area contributed by atoms with Crippen LogP contribution in [0, 0.1) is 23.7 Å². The summed E-state index contributed by atoms with van der Waals surface area (Å²) in [6.45, 7) is 14.2. The minimum Gasteiger partial charge on any atom is -0.462 e. The molecule has 0 rings (SSSR count). The molecule has 582 valence electrons. The number of esters is 4. The molecular weight excluding hydrogens is 1280 g/mol. The molecule has 4 unspecified atom stereocenters. The Kier molecular flexibility index (Phi) is 66.8. The molecule has 0 aliphatic heterocycles. The Hall–Kier alpha value is -1.94. The number of aliphatic hydroxyl groups is 1. The molecule has 0 fully saturated rings. The van der Waals surface area contributed by atoms with E-state index < -0.39 is 97.5 Å². The average Bonchev–Trinajstić information content (AvgIpc) is 1.05. The molecule has 0 aromatic heterocycles. The lowest BCUT2D eigenvalue weighted by Crippen LogP contribution is -2.30. The van der Waals surface area contributed by atoms with E-state index in [1.807, 2.05) is 0 Å². The highest BCUT2D eigenvalue weighted by molar-refractivity contribution is 7.47. The number of phosphoric acid groups is 2. The minimum absolute atomic E-state index is 0.106. The van der Waals surface area contributed by atoms with E-state index in [1.165, 1.54) is 193 Å². The third-order valence-electron chi connectivity index (χ3n) is 19.0. The summed E-state index contributed by atoms with van der Waals surface area (Å²) in [4.78, 5) is 72.8. The van der Waals surface area contributed by atoms with Gasteiger partial charge in [0.1, 0.15) is 19.3 Å². The molecule has 0 aliphatic rings. The molecule has 17 nitrogen and oxygen atoms in total. The van der Waals surface area contributed by atoms with E-state index in [2.05, 4.69) is 55.4 Å². The number of hydrogen-bond donors (Lipinski definition) is 3. The van der Waals surface area contributed by atoms with Crippen molar-refractivity contribution < 1.29 is 80.2 Å². The van der Waals surface area contributed by atoms with Gasteiger partial charge in [0.05, 0.1) is 26.4 Å². The molecule has 0 saturated heterocycles. The van der Waals surface area contributed by atoms with Crippen LogP contribution in [-0.4, -0.2) is 96.7 Å². The molecule has 0 aliphatic carbocycles. The predicted molar refractivity (Wildman–Crippen MR) is 400 cm³/mol. The van der Waals surface area contributed by atoms with Crippen molar-refractivity contribution in [1.82, 2.24) is 0 Å². The van der Waals surface area contributed by atoms with E-state index in [-0.39, 0.29) is 25.7 Å². The highest BCUT2D eigenvalue weighted by atomic mass is 31.2. The molecular formula is C79H154O17P2. The molecule has 7 atom stereocenters. The van der Waals surface area contributed by atoms with Gasteiger partial charge in [-0.15, -0.1) is 0 Å². The van der Waals surface area contributed by atoms with Crippen molar-refractivity contribution in [3.05, 3.63) is 0 Å². The summed E-state index contributed by atoms with van der Waals surface area (Å²) in [5, 5.41) is 10.6. The standard InChI is InChI=1S/C79H154O17P2/c1-9-71(7)57-49-41-31-27-23-19-15-13-11-12-14-16-21-25-29-33-45-53-61-78(83)95-74(65-89-76(81)59-51-43-37-35-39-47-55-69(3)4)67-93-97(85,86)91-63-73(80)64-92-98(87,88)94-68-75(66-90-77(82)60-52-44-38-36-40-48-56-70(5)6)96-79(84)62-54-46-34-30-26-22-18-17-20-24-28-32-42-50-58-72(8)10-2/h69-75,80H,9-68H2,1-8H3,(H,85,86)(H,87,88)/t71?,72?,73-,74+,75+/m0/s1. The lowest BCUT2D eigenvalue weighted by molar-refractivity contribution is -0.161. The largest absolute Gasteiger partial charge is 0.472 e. The van der Waals surface area contributed by atoms with E-state index in [1.54, 1.807) is 0 Å². The second-order valence-electron chi connectivity index (χ2n) is 29.9. The number of ether oxygens (including phenoxy) is 4. The first-order valence-electron chi connectivity index (χ1n) is 40.8. The van der Waals surface area contributed by atoms with Crippen LogP contribution in [0.1, 0.15) is 402 Å². The van der Waals surface area contributed by atoms with Crippen LogP contribution in [0.4, 0.5) is 0 Å². The van der Waals surface area contributed by atoms with Gasteiger partial charge in [0.2, 0.25) is 0 Å². The van der Waals surface area contributed by atoms with Crippen LogP contribution in [0.15, 0.2) is 0 Å². The van der Waals surface area contributed by atoms with Crippen LogP contribution >= 0.6 is 15.6 Å². The van der Waals surface area contributed by atoms with Crippen molar-refractivity contribution in [1.29, 1.82) is 0 Å². The van der Waals surface area contributed by atoms with Gasteiger partial charge >= 0.3 is 39.5 Å². The minimum atomic E-state index is -4.96. The Balaban J connectivity index is 5.12. The number of aliphatic hydroxyl groups excluding tert-OH is 1. The fraction of sp³-hybridized carbons (Fsp3) is 0.949. The van der Waals surface area contributed by atoms with Crippen molar-refractivity contribution in [2.75, 3.05) is 39.6 Å². The molecule has 0 aromatic carbocycles. The topological polar surface area (TPSA) is 237 Å². The van der Waals surface area contributed by atoms with Gasteiger partial charge in [0.25, 0.3) is 0 Å². The summed E-state index contributed by atoms with van der Waals surface area (Å²) in [5.74, 6) is 0.953. The molecule has 19 heteroatoms. The molecule has 0 heterocycles. The summed E-state index contributed by atoms with van der Waals surface area (Å²) in [5.41, 5.74) is 0. The molecule has 0 aromatic rings. The number of carbonyl (C=O) groups excluding carboxylic acids is 4. The van der Waals surface area contributed by atoms with Gasteiger partial charge in [-0.1, -0.05) is 351 Å². The van der Waals surface area contributed by atoms with Gasteiger partial charge in [-0.05, 0) is 49.4 Å². The second-order valence-corrected chi connectivity index (χ2v) is 32.8. The average molecular weight is 1440 g/mol. The van der Waals surface area contributed by atoms with Gasteiger partial charge in [-0.25, -0.2) is 9.13 Å². The van der Waals surface area contributed by atoms with Crippen LogP contribution in [0.25, 0.3) is 0 Å². The van der Waals surface area contributed by atoms with Gasteiger partial charge in [-0.3, -0.25) is 37.3 Å². The fourth-order valence-corrected chi connectivity index (χ4v) is 13.6. The zero-order valence-corrected chi connectivity index (χ0v) is 66.2. The lowest BCUT2D eigenvalue weighted by atomic mass is 9.99. The predicted octanol–water partition coefficient (Wildman–Crippen LogP) is 23.2. The first-order valence-corrected chi connectivity index (χ1v) is 43.8. The number of rotatable bonds is 76. The first-order chi connectivity index (χ1) is 47.2. The summed E-state index contributed by atoms with van der Waals surface area (Å²) in [6, 6.07) is 0. The maximum absolute atomic E-state index is 13.1. The van der Waals surface area contributed by atoms with Crippen molar-refractivity contribution >= 4 is 39.5 Å². The molecule has 0 spiro atoms. The molecule has 0 saturated carbocycles. The van der Waals surface area contributed by atoms with Gasteiger partial charge in [0.15, 0.2) is 12.2 Å². The van der Waals surface area contributed by atoms with Crippen LogP contribution in [0.2, 0.25) is 0 Å². The highest BCUT2D eigenvalue weighted by Gasteiger charge is 2.30. The van der Waals surface area contributed by atoms with Crippen molar-refractivity contribution in [3.8, 4) is 0 Å². The Labute approximate surface area is 600 Å². The van der Waals surface area contributed by atoms with E-state index in [4.69, 9.17) is 37.0 Å². The Morgan fingerprint density at radius 2 is 0.490 bits per heavy atom. The summed E-state index contributed by atoms with van der Waals surface area (Å²) in [6.07, 6.45) is 54.5. The number of carbonyl (C=O) groups is 4. The Morgan fingerprint density at radius 3 is 0.724 bits per heavy atom. The molecule has 0 amide bonds. The van der Waals surface area contributed by atoms with Crippen molar-refractivity contribution in [2.24, 2.45) is 23.7 Å². The summed E-state index contributed by atoms with van der Waals surface area (Å²) < 4.78 is 68.5. The van der Waals surface area contributed by atoms with E-state index in [0.717, 1.165) is 115 Å². The third-order valence-corrected chi connectivity index (χ3v) is 20.9.